The van der Waals surface area contributed by atoms with Gasteiger partial charge in [-0.25, -0.2) is 14.1 Å². The predicted molar refractivity (Wildman–Crippen MR) is 73.2 cm³/mol. The van der Waals surface area contributed by atoms with E-state index in [-0.39, 0.29) is 10.4 Å². The molecule has 3 rings (SSSR count). The molecule has 0 bridgehead atoms. The maximum Gasteiger partial charge on any atom is 0.225 e. The minimum atomic E-state index is -0.409. The number of rotatable bonds is 2. The van der Waals surface area contributed by atoms with Gasteiger partial charge < -0.3 is 4.74 Å². The number of nitrogens with zero attached hydrogens (tertiary/aromatic N) is 4. The highest BCUT2D eigenvalue weighted by Gasteiger charge is 2.15. The molecule has 0 saturated carbocycles. The molecule has 0 radical (unpaired) electrons. The zero-order chi connectivity index (χ0) is 14.3. The highest BCUT2D eigenvalue weighted by Crippen LogP contribution is 2.28. The minimum absolute atomic E-state index is 0.00493. The highest BCUT2D eigenvalue weighted by atomic mass is 35.5. The van der Waals surface area contributed by atoms with Gasteiger partial charge in [0.1, 0.15) is 22.4 Å². The molecular weight excluding hydrogens is 306 g/mol. The van der Waals surface area contributed by atoms with Crippen LogP contribution in [0.2, 0.25) is 10.4 Å². The molecule has 0 aliphatic heterocycles. The van der Waals surface area contributed by atoms with E-state index in [1.807, 2.05) is 0 Å². The Labute approximate surface area is 122 Å². The molecule has 0 aliphatic carbocycles. The molecule has 0 saturated heterocycles. The van der Waals surface area contributed by atoms with Crippen LogP contribution in [0.4, 0.5) is 4.39 Å². The van der Waals surface area contributed by atoms with Crippen molar-refractivity contribution in [2.45, 2.75) is 0 Å². The Bertz CT molecular complexity index is 805. The average molecular weight is 313 g/mol. The summed E-state index contributed by atoms with van der Waals surface area (Å²) in [6, 6.07) is 4.09. The highest BCUT2D eigenvalue weighted by molar-refractivity contribution is 6.35. The first-order valence-electron chi connectivity index (χ1n) is 5.51. The SMILES string of the molecule is COc1cc(F)ccc1-n1ncc2c(Cl)nc(Cl)nc21. The quantitative estimate of drug-likeness (QED) is 0.538. The van der Waals surface area contributed by atoms with E-state index in [2.05, 4.69) is 15.1 Å². The molecule has 3 aromatic rings. The number of halogens is 3. The van der Waals surface area contributed by atoms with Gasteiger partial charge in [0.25, 0.3) is 0 Å². The third-order valence-electron chi connectivity index (χ3n) is 2.72. The van der Waals surface area contributed by atoms with Gasteiger partial charge in [0.05, 0.1) is 18.7 Å². The Balaban J connectivity index is 2.30. The summed E-state index contributed by atoms with van der Waals surface area (Å²) in [5, 5.41) is 4.92. The Morgan fingerprint density at radius 1 is 1.25 bits per heavy atom. The lowest BCUT2D eigenvalue weighted by Gasteiger charge is -2.09. The summed E-state index contributed by atoms with van der Waals surface area (Å²) < 4.78 is 19.9. The standard InChI is InChI=1S/C12H7Cl2FN4O/c1-20-9-4-6(15)2-3-8(9)19-11-7(5-16-19)10(13)17-12(14)18-11/h2-5H,1H3. The normalized spacial score (nSPS) is 11.0. The smallest absolute Gasteiger partial charge is 0.225 e. The van der Waals surface area contributed by atoms with Gasteiger partial charge in [0, 0.05) is 6.07 Å². The van der Waals surface area contributed by atoms with E-state index >= 15 is 0 Å². The molecule has 0 unspecified atom stereocenters. The molecule has 2 aromatic heterocycles. The molecule has 0 N–H and O–H groups in total. The Morgan fingerprint density at radius 3 is 2.80 bits per heavy atom. The van der Waals surface area contributed by atoms with Crippen LogP contribution in [0.15, 0.2) is 24.4 Å². The fourth-order valence-corrected chi connectivity index (χ4v) is 2.27. The second-order valence-corrected chi connectivity index (χ2v) is 4.59. The summed E-state index contributed by atoms with van der Waals surface area (Å²) >= 11 is 11.8. The third-order valence-corrected chi connectivity index (χ3v) is 3.18. The molecule has 2 heterocycles. The van der Waals surface area contributed by atoms with Gasteiger partial charge in [0.2, 0.25) is 5.28 Å². The fourth-order valence-electron chi connectivity index (χ4n) is 1.85. The third kappa shape index (κ3) is 2.07. The van der Waals surface area contributed by atoms with Crippen LogP contribution in [-0.2, 0) is 0 Å². The van der Waals surface area contributed by atoms with Crippen molar-refractivity contribution in [1.82, 2.24) is 19.7 Å². The monoisotopic (exact) mass is 312 g/mol. The lowest BCUT2D eigenvalue weighted by atomic mass is 10.3. The van der Waals surface area contributed by atoms with Crippen molar-refractivity contribution >= 4 is 34.2 Å². The number of ether oxygens (including phenoxy) is 1. The van der Waals surface area contributed by atoms with Crippen molar-refractivity contribution in [2.24, 2.45) is 0 Å². The van der Waals surface area contributed by atoms with Crippen molar-refractivity contribution in [3.63, 3.8) is 0 Å². The van der Waals surface area contributed by atoms with Crippen LogP contribution in [0.25, 0.3) is 16.7 Å². The van der Waals surface area contributed by atoms with Crippen LogP contribution in [0.3, 0.4) is 0 Å². The van der Waals surface area contributed by atoms with E-state index in [0.29, 0.717) is 22.5 Å². The zero-order valence-corrected chi connectivity index (χ0v) is 11.7. The topological polar surface area (TPSA) is 52.8 Å². The largest absolute Gasteiger partial charge is 0.494 e. The van der Waals surface area contributed by atoms with Crippen molar-refractivity contribution in [3.8, 4) is 11.4 Å². The second-order valence-electron chi connectivity index (χ2n) is 3.89. The summed E-state index contributed by atoms with van der Waals surface area (Å²) in [4.78, 5) is 7.93. The van der Waals surface area contributed by atoms with E-state index in [0.717, 1.165) is 0 Å². The van der Waals surface area contributed by atoms with Crippen LogP contribution in [-0.4, -0.2) is 26.9 Å². The molecule has 20 heavy (non-hydrogen) atoms. The first-order valence-corrected chi connectivity index (χ1v) is 6.26. The first kappa shape index (κ1) is 13.1. The maximum atomic E-state index is 13.2. The van der Waals surface area contributed by atoms with Gasteiger partial charge >= 0.3 is 0 Å². The van der Waals surface area contributed by atoms with Crippen molar-refractivity contribution in [3.05, 3.63) is 40.6 Å². The summed E-state index contributed by atoms with van der Waals surface area (Å²) in [5.74, 6) is -0.0893. The van der Waals surface area contributed by atoms with Crippen LogP contribution >= 0.6 is 23.2 Å². The van der Waals surface area contributed by atoms with E-state index in [1.54, 1.807) is 0 Å². The molecule has 0 fully saturated rings. The predicted octanol–water partition coefficient (Wildman–Crippen LogP) is 3.27. The molecule has 0 amide bonds. The van der Waals surface area contributed by atoms with Crippen LogP contribution in [0, 0.1) is 5.82 Å². The Kier molecular flexibility index (Phi) is 3.19. The summed E-state index contributed by atoms with van der Waals surface area (Å²) in [6.45, 7) is 0. The molecule has 102 valence electrons. The Morgan fingerprint density at radius 2 is 2.05 bits per heavy atom. The maximum absolute atomic E-state index is 13.2. The van der Waals surface area contributed by atoms with E-state index in [9.17, 15) is 4.39 Å². The van der Waals surface area contributed by atoms with Gasteiger partial charge in [0.15, 0.2) is 5.65 Å². The molecule has 1 aromatic carbocycles. The average Bonchev–Trinajstić information content (AvgIpc) is 2.82. The molecule has 0 atom stereocenters. The van der Waals surface area contributed by atoms with E-state index in [4.69, 9.17) is 27.9 Å². The second kappa shape index (κ2) is 4.88. The summed E-state index contributed by atoms with van der Waals surface area (Å²) in [7, 11) is 1.44. The molecular formula is C12H7Cl2FN4O. The zero-order valence-electron chi connectivity index (χ0n) is 10.1. The molecule has 0 aliphatic rings. The van der Waals surface area contributed by atoms with Gasteiger partial charge in [-0.2, -0.15) is 10.1 Å². The van der Waals surface area contributed by atoms with E-state index in [1.165, 1.54) is 36.2 Å². The number of benzene rings is 1. The number of aromatic nitrogens is 4. The Hall–Kier alpha value is -1.92. The number of methoxy groups -OCH3 is 1. The van der Waals surface area contributed by atoms with Crippen LogP contribution in [0.5, 0.6) is 5.75 Å². The van der Waals surface area contributed by atoms with Crippen molar-refractivity contribution in [2.75, 3.05) is 7.11 Å². The molecule has 5 nitrogen and oxygen atoms in total. The lowest BCUT2D eigenvalue weighted by molar-refractivity contribution is 0.408. The lowest BCUT2D eigenvalue weighted by Crippen LogP contribution is -2.01. The fraction of sp³-hybridized carbons (Fsp3) is 0.0833. The molecule has 0 spiro atoms. The molecule has 8 heteroatoms. The van der Waals surface area contributed by atoms with Gasteiger partial charge in [-0.05, 0) is 23.7 Å². The first-order chi connectivity index (χ1) is 9.60. The minimum Gasteiger partial charge on any atom is -0.494 e. The van der Waals surface area contributed by atoms with E-state index < -0.39 is 5.82 Å². The number of fused-ring (bicyclic) bond motifs is 1. The van der Waals surface area contributed by atoms with Gasteiger partial charge in [-0.3, -0.25) is 0 Å². The number of hydrogen-bond donors (Lipinski definition) is 0. The van der Waals surface area contributed by atoms with Crippen molar-refractivity contribution < 1.29 is 9.13 Å². The van der Waals surface area contributed by atoms with Crippen LogP contribution < -0.4 is 4.74 Å². The number of hydrogen-bond acceptors (Lipinski definition) is 4. The van der Waals surface area contributed by atoms with Crippen LogP contribution in [0.1, 0.15) is 0 Å². The summed E-state index contributed by atoms with van der Waals surface area (Å²) in [6.07, 6.45) is 1.51. The van der Waals surface area contributed by atoms with Gasteiger partial charge in [-0.1, -0.05) is 11.6 Å². The van der Waals surface area contributed by atoms with Gasteiger partial charge in [-0.15, -0.1) is 0 Å². The van der Waals surface area contributed by atoms with Crippen molar-refractivity contribution in [1.29, 1.82) is 0 Å². The summed E-state index contributed by atoms with van der Waals surface area (Å²) in [5.41, 5.74) is 0.939.